The first-order chi connectivity index (χ1) is 7.84. The van der Waals surface area contributed by atoms with Crippen molar-refractivity contribution in [3.63, 3.8) is 0 Å². The minimum Gasteiger partial charge on any atom is -0.468 e. The Morgan fingerprint density at radius 2 is 1.94 bits per heavy atom. The number of hydrogen-bond donors (Lipinski definition) is 1. The second-order valence-electron chi connectivity index (χ2n) is 4.05. The normalized spacial score (nSPS) is 12.6. The van der Waals surface area contributed by atoms with Crippen molar-refractivity contribution >= 4 is 0 Å². The van der Waals surface area contributed by atoms with Crippen LogP contribution in [-0.4, -0.2) is 6.04 Å². The molecule has 84 valence electrons. The lowest BCUT2D eigenvalue weighted by Gasteiger charge is -2.12. The fourth-order valence-electron chi connectivity index (χ4n) is 1.73. The molecule has 2 aromatic rings. The highest BCUT2D eigenvalue weighted by atomic mass is 16.3. The van der Waals surface area contributed by atoms with Gasteiger partial charge in [0.2, 0.25) is 0 Å². The highest BCUT2D eigenvalue weighted by Gasteiger charge is 2.03. The average molecular weight is 215 g/mol. The van der Waals surface area contributed by atoms with E-state index in [0.717, 1.165) is 18.7 Å². The first kappa shape index (κ1) is 11.0. The van der Waals surface area contributed by atoms with Crippen LogP contribution in [0.3, 0.4) is 0 Å². The molecule has 0 fully saturated rings. The SMILES string of the molecule is CC(Cc1ccccc1)NCc1ccco1. The molecule has 2 nitrogen and oxygen atoms in total. The van der Waals surface area contributed by atoms with Crippen LogP contribution in [0.5, 0.6) is 0 Å². The molecule has 1 atom stereocenters. The third-order valence-electron chi connectivity index (χ3n) is 2.59. The summed E-state index contributed by atoms with van der Waals surface area (Å²) in [5, 5.41) is 3.44. The van der Waals surface area contributed by atoms with Crippen molar-refractivity contribution < 1.29 is 4.42 Å². The summed E-state index contributed by atoms with van der Waals surface area (Å²) in [7, 11) is 0. The number of rotatable bonds is 5. The van der Waals surface area contributed by atoms with Crippen molar-refractivity contribution in [1.82, 2.24) is 5.32 Å². The molecule has 1 aromatic carbocycles. The van der Waals surface area contributed by atoms with Gasteiger partial charge in [-0.3, -0.25) is 0 Å². The minimum atomic E-state index is 0.451. The molecule has 2 heteroatoms. The van der Waals surface area contributed by atoms with E-state index in [4.69, 9.17) is 4.42 Å². The summed E-state index contributed by atoms with van der Waals surface area (Å²) in [5.74, 6) is 0.986. The molecule has 1 N–H and O–H groups in total. The van der Waals surface area contributed by atoms with Gasteiger partial charge in [0.15, 0.2) is 0 Å². The number of furan rings is 1. The summed E-state index contributed by atoms with van der Waals surface area (Å²) in [6.45, 7) is 2.98. The van der Waals surface area contributed by atoms with E-state index < -0.39 is 0 Å². The summed E-state index contributed by atoms with van der Waals surface area (Å²) >= 11 is 0. The van der Waals surface area contributed by atoms with E-state index in [1.165, 1.54) is 5.56 Å². The lowest BCUT2D eigenvalue weighted by atomic mass is 10.1. The van der Waals surface area contributed by atoms with Crippen molar-refractivity contribution in [3.8, 4) is 0 Å². The van der Waals surface area contributed by atoms with E-state index in [-0.39, 0.29) is 0 Å². The van der Waals surface area contributed by atoms with Crippen LogP contribution in [0, 0.1) is 0 Å². The Bertz CT molecular complexity index is 394. The Morgan fingerprint density at radius 3 is 2.62 bits per heavy atom. The Morgan fingerprint density at radius 1 is 1.12 bits per heavy atom. The zero-order valence-corrected chi connectivity index (χ0v) is 9.52. The van der Waals surface area contributed by atoms with E-state index in [9.17, 15) is 0 Å². The molecule has 0 aliphatic rings. The van der Waals surface area contributed by atoms with E-state index in [1.54, 1.807) is 6.26 Å². The first-order valence-corrected chi connectivity index (χ1v) is 5.64. The van der Waals surface area contributed by atoms with Crippen LogP contribution in [0.1, 0.15) is 18.2 Å². The van der Waals surface area contributed by atoms with Crippen molar-refractivity contribution in [2.45, 2.75) is 25.9 Å². The van der Waals surface area contributed by atoms with Crippen LogP contribution in [0.15, 0.2) is 53.1 Å². The fourth-order valence-corrected chi connectivity index (χ4v) is 1.73. The molecule has 1 heterocycles. The van der Waals surface area contributed by atoms with Gasteiger partial charge in [-0.1, -0.05) is 30.3 Å². The van der Waals surface area contributed by atoms with Gasteiger partial charge >= 0.3 is 0 Å². The molecular weight excluding hydrogens is 198 g/mol. The van der Waals surface area contributed by atoms with Gasteiger partial charge in [-0.15, -0.1) is 0 Å². The Kier molecular flexibility index (Phi) is 3.78. The molecule has 16 heavy (non-hydrogen) atoms. The molecule has 0 saturated carbocycles. The molecule has 0 amide bonds. The Hall–Kier alpha value is -1.54. The van der Waals surface area contributed by atoms with Gasteiger partial charge in [0.05, 0.1) is 12.8 Å². The molecule has 2 rings (SSSR count). The standard InChI is InChI=1S/C14H17NO/c1-12(10-13-6-3-2-4-7-13)15-11-14-8-5-9-16-14/h2-9,12,15H,10-11H2,1H3. The zero-order valence-electron chi connectivity index (χ0n) is 9.52. The van der Waals surface area contributed by atoms with Crippen molar-refractivity contribution in [3.05, 3.63) is 60.1 Å². The van der Waals surface area contributed by atoms with Gasteiger partial charge < -0.3 is 9.73 Å². The predicted octanol–water partition coefficient (Wildman–Crippen LogP) is 3.00. The second kappa shape index (κ2) is 5.52. The van der Waals surface area contributed by atoms with Crippen molar-refractivity contribution in [2.75, 3.05) is 0 Å². The molecule has 0 aliphatic heterocycles. The zero-order chi connectivity index (χ0) is 11.2. The predicted molar refractivity (Wildman–Crippen MR) is 65.2 cm³/mol. The average Bonchev–Trinajstić information content (AvgIpc) is 2.81. The number of benzene rings is 1. The van der Waals surface area contributed by atoms with Gasteiger partial charge in [0.25, 0.3) is 0 Å². The second-order valence-corrected chi connectivity index (χ2v) is 4.05. The molecule has 0 spiro atoms. The largest absolute Gasteiger partial charge is 0.468 e. The monoisotopic (exact) mass is 215 g/mol. The van der Waals surface area contributed by atoms with Crippen LogP contribution in [-0.2, 0) is 13.0 Å². The lowest BCUT2D eigenvalue weighted by molar-refractivity contribution is 0.453. The smallest absolute Gasteiger partial charge is 0.117 e. The summed E-state index contributed by atoms with van der Waals surface area (Å²) in [6.07, 6.45) is 2.75. The summed E-state index contributed by atoms with van der Waals surface area (Å²) in [6, 6.07) is 14.9. The quantitative estimate of drug-likeness (QED) is 0.829. The minimum absolute atomic E-state index is 0.451. The summed E-state index contributed by atoms with van der Waals surface area (Å²) in [4.78, 5) is 0. The molecule has 1 unspecified atom stereocenters. The van der Waals surface area contributed by atoms with Gasteiger partial charge in [-0.2, -0.15) is 0 Å². The third-order valence-corrected chi connectivity index (χ3v) is 2.59. The first-order valence-electron chi connectivity index (χ1n) is 5.64. The molecule has 0 radical (unpaired) electrons. The van der Waals surface area contributed by atoms with Crippen molar-refractivity contribution in [1.29, 1.82) is 0 Å². The highest BCUT2D eigenvalue weighted by molar-refractivity contribution is 5.15. The van der Waals surface area contributed by atoms with Crippen LogP contribution in [0.2, 0.25) is 0 Å². The van der Waals surface area contributed by atoms with Crippen LogP contribution >= 0.6 is 0 Å². The number of hydrogen-bond acceptors (Lipinski definition) is 2. The van der Waals surface area contributed by atoms with Crippen LogP contribution in [0.4, 0.5) is 0 Å². The molecule has 0 aliphatic carbocycles. The highest BCUT2D eigenvalue weighted by Crippen LogP contribution is 2.04. The molecule has 0 bridgehead atoms. The van der Waals surface area contributed by atoms with E-state index >= 15 is 0 Å². The molecular formula is C14H17NO. The topological polar surface area (TPSA) is 25.2 Å². The van der Waals surface area contributed by atoms with Crippen molar-refractivity contribution in [2.24, 2.45) is 0 Å². The van der Waals surface area contributed by atoms with Crippen LogP contribution < -0.4 is 5.32 Å². The maximum Gasteiger partial charge on any atom is 0.117 e. The third kappa shape index (κ3) is 3.24. The van der Waals surface area contributed by atoms with Gasteiger partial charge in [-0.25, -0.2) is 0 Å². The summed E-state index contributed by atoms with van der Waals surface area (Å²) in [5.41, 5.74) is 1.36. The Balaban J connectivity index is 1.78. The van der Waals surface area contributed by atoms with E-state index in [0.29, 0.717) is 6.04 Å². The van der Waals surface area contributed by atoms with Gasteiger partial charge in [-0.05, 0) is 31.0 Å². The maximum absolute atomic E-state index is 5.27. The van der Waals surface area contributed by atoms with Gasteiger partial charge in [0.1, 0.15) is 5.76 Å². The molecule has 0 saturated heterocycles. The molecule has 1 aromatic heterocycles. The lowest BCUT2D eigenvalue weighted by Crippen LogP contribution is -2.27. The number of nitrogens with one attached hydrogen (secondary N) is 1. The van der Waals surface area contributed by atoms with E-state index in [2.05, 4.69) is 36.5 Å². The Labute approximate surface area is 96.3 Å². The van der Waals surface area contributed by atoms with E-state index in [1.807, 2.05) is 18.2 Å². The van der Waals surface area contributed by atoms with Crippen LogP contribution in [0.25, 0.3) is 0 Å². The summed E-state index contributed by atoms with van der Waals surface area (Å²) < 4.78 is 5.27. The van der Waals surface area contributed by atoms with Gasteiger partial charge in [0, 0.05) is 6.04 Å². The maximum atomic E-state index is 5.27. The fraction of sp³-hybridized carbons (Fsp3) is 0.286.